The average Bonchev–Trinajstić information content (AvgIpc) is 3.86. The van der Waals surface area contributed by atoms with Gasteiger partial charge in [-0.05, 0) is 179 Å². The topological polar surface area (TPSA) is 43.4 Å². The first-order valence-electron chi connectivity index (χ1n) is 22.0. The van der Waals surface area contributed by atoms with Crippen molar-refractivity contribution in [3.05, 3.63) is 151 Å². The molecule has 0 aliphatic heterocycles. The summed E-state index contributed by atoms with van der Waals surface area (Å²) in [6.45, 7) is 21.5. The Balaban J connectivity index is 0.861. The molecule has 3 nitrogen and oxygen atoms in total. The van der Waals surface area contributed by atoms with Crippen LogP contribution in [0, 0.1) is 6.92 Å². The molecule has 2 fully saturated rings. The molecule has 8 rings (SSSR count). The lowest BCUT2D eigenvalue weighted by Crippen LogP contribution is -2.34. The lowest BCUT2D eigenvalue weighted by molar-refractivity contribution is 0.0397. The van der Waals surface area contributed by atoms with E-state index in [1.165, 1.54) is 70.2 Å². The maximum Gasteiger partial charge on any atom is 0.346 e. The first kappa shape index (κ1) is 40.3. The van der Waals surface area contributed by atoms with Crippen molar-refractivity contribution >= 4 is 24.1 Å². The van der Waals surface area contributed by atoms with Gasteiger partial charge in [-0.3, -0.25) is 0 Å². The van der Waals surface area contributed by atoms with E-state index in [4.69, 9.17) is 4.74 Å². The van der Waals surface area contributed by atoms with E-state index in [2.05, 4.69) is 105 Å². The van der Waals surface area contributed by atoms with E-state index >= 15 is 0 Å². The van der Waals surface area contributed by atoms with Crippen LogP contribution >= 0.6 is 0 Å². The fraction of sp³-hybridized carbons (Fsp3) is 0.455. The first-order valence-corrected chi connectivity index (χ1v) is 22.0. The van der Waals surface area contributed by atoms with E-state index in [0.717, 1.165) is 49.7 Å². The Morgan fingerprint density at radius 1 is 0.534 bits per heavy atom. The van der Waals surface area contributed by atoms with Crippen molar-refractivity contribution in [2.24, 2.45) is 0 Å². The van der Waals surface area contributed by atoms with Crippen LogP contribution in [0.15, 0.2) is 90.0 Å². The number of hydrogen-bond acceptors (Lipinski definition) is 3. The van der Waals surface area contributed by atoms with Crippen LogP contribution in [0.25, 0.3) is 12.2 Å². The van der Waals surface area contributed by atoms with Gasteiger partial charge < -0.3 is 4.74 Å². The van der Waals surface area contributed by atoms with Crippen LogP contribution in [-0.2, 0) is 26.4 Å². The molecule has 0 bridgehead atoms. The Kier molecular flexibility index (Phi) is 10.4. The maximum absolute atomic E-state index is 13.0. The molecule has 2 atom stereocenters. The highest BCUT2D eigenvalue weighted by atomic mass is 16.6. The molecule has 0 heterocycles. The van der Waals surface area contributed by atoms with Crippen LogP contribution < -0.4 is 0 Å². The molecule has 2 saturated carbocycles. The minimum absolute atomic E-state index is 0.208. The summed E-state index contributed by atoms with van der Waals surface area (Å²) in [4.78, 5) is 26.0. The molecule has 0 spiro atoms. The quantitative estimate of drug-likeness (QED) is 0.145. The number of aryl methyl sites for hydroxylation is 1. The van der Waals surface area contributed by atoms with Crippen LogP contribution in [0.5, 0.6) is 0 Å². The standard InChI is InChI=1S/C55H64O3/c1-35-28-47-49(55(8,9)27-26-53(47,4)5)34-45(35)44-21-15-39(32-44)30-37-12-18-41(19-13-37)51(57)58-50(56)40-16-10-36(11-17-40)29-38-14-20-42(31-38)43-22-23-46-48(33-43)54(6,7)25-24-52(46,2)3/h10-13,16-19,22-23,28-30,33-34,42,44H,14-15,20-21,24-27,31-32H2,1-9H3. The smallest absolute Gasteiger partial charge is 0.346 e. The van der Waals surface area contributed by atoms with Crippen molar-refractivity contribution in [1.29, 1.82) is 0 Å². The second-order valence-corrected chi connectivity index (χ2v) is 21.0. The SMILES string of the molecule is Cc1cc2c(cc1C1CCC(=Cc3ccc(C(=O)OC(=O)c4ccc(C=C5CCC(c6ccc7c(c6)C(C)(C)CCC7(C)C)C5)cc4)cc3)C1)C(C)(C)CCC2(C)C. The number of ether oxygens (including phenoxy) is 1. The monoisotopic (exact) mass is 772 g/mol. The summed E-state index contributed by atoms with van der Waals surface area (Å²) in [7, 11) is 0. The van der Waals surface area contributed by atoms with Gasteiger partial charge in [0.2, 0.25) is 0 Å². The molecule has 3 heteroatoms. The summed E-state index contributed by atoms with van der Waals surface area (Å²) in [5.41, 5.74) is 17.2. The molecular weight excluding hydrogens is 709 g/mol. The van der Waals surface area contributed by atoms with Crippen LogP contribution in [-0.4, -0.2) is 11.9 Å². The minimum Gasteiger partial charge on any atom is -0.386 e. The summed E-state index contributed by atoms with van der Waals surface area (Å²) in [5, 5.41) is 0. The van der Waals surface area contributed by atoms with Gasteiger partial charge in [0.1, 0.15) is 0 Å². The third-order valence-corrected chi connectivity index (χ3v) is 14.9. The van der Waals surface area contributed by atoms with Crippen molar-refractivity contribution < 1.29 is 14.3 Å². The Hall–Kier alpha value is -4.50. The second kappa shape index (κ2) is 15.0. The number of esters is 2. The number of fused-ring (bicyclic) bond motifs is 2. The zero-order valence-corrected chi connectivity index (χ0v) is 36.6. The molecule has 0 aromatic heterocycles. The zero-order chi connectivity index (χ0) is 41.2. The fourth-order valence-electron chi connectivity index (χ4n) is 10.7. The van der Waals surface area contributed by atoms with Gasteiger partial charge >= 0.3 is 11.9 Å². The van der Waals surface area contributed by atoms with E-state index in [1.807, 2.05) is 24.3 Å². The molecule has 0 amide bonds. The second-order valence-electron chi connectivity index (χ2n) is 21.0. The maximum atomic E-state index is 13.0. The molecule has 0 N–H and O–H groups in total. The molecule has 4 aliphatic rings. The van der Waals surface area contributed by atoms with E-state index in [1.54, 1.807) is 29.8 Å². The predicted octanol–water partition coefficient (Wildman–Crippen LogP) is 14.4. The van der Waals surface area contributed by atoms with E-state index in [0.29, 0.717) is 23.0 Å². The Bertz CT molecular complexity index is 2310. The minimum atomic E-state index is -0.628. The molecular formula is C55H64O3. The Morgan fingerprint density at radius 3 is 1.48 bits per heavy atom. The van der Waals surface area contributed by atoms with E-state index in [9.17, 15) is 9.59 Å². The van der Waals surface area contributed by atoms with Gasteiger partial charge in [-0.2, -0.15) is 0 Å². The lowest BCUT2D eigenvalue weighted by Gasteiger charge is -2.42. The summed E-state index contributed by atoms with van der Waals surface area (Å²) in [5.74, 6) is -0.189. The third-order valence-electron chi connectivity index (χ3n) is 14.9. The Morgan fingerprint density at radius 2 is 0.966 bits per heavy atom. The first-order chi connectivity index (χ1) is 27.4. The molecule has 4 aromatic rings. The van der Waals surface area contributed by atoms with Gasteiger partial charge in [0.05, 0.1) is 11.1 Å². The highest BCUT2D eigenvalue weighted by Crippen LogP contribution is 2.50. The molecule has 0 saturated heterocycles. The number of hydrogen-bond donors (Lipinski definition) is 0. The zero-order valence-electron chi connectivity index (χ0n) is 36.6. The van der Waals surface area contributed by atoms with Crippen molar-refractivity contribution in [2.75, 3.05) is 0 Å². The van der Waals surface area contributed by atoms with Crippen molar-refractivity contribution in [2.45, 2.75) is 160 Å². The number of rotatable bonds is 6. The highest BCUT2D eigenvalue weighted by Gasteiger charge is 2.39. The van der Waals surface area contributed by atoms with Gasteiger partial charge in [-0.25, -0.2) is 9.59 Å². The van der Waals surface area contributed by atoms with Crippen molar-refractivity contribution in [3.63, 3.8) is 0 Å². The van der Waals surface area contributed by atoms with Gasteiger partial charge in [0.25, 0.3) is 0 Å². The summed E-state index contributed by atoms with van der Waals surface area (Å²) >= 11 is 0. The van der Waals surface area contributed by atoms with Gasteiger partial charge in [-0.15, -0.1) is 0 Å². The van der Waals surface area contributed by atoms with Gasteiger partial charge in [0.15, 0.2) is 0 Å². The average molecular weight is 773 g/mol. The lowest BCUT2D eigenvalue weighted by atomic mass is 9.62. The summed E-state index contributed by atoms with van der Waals surface area (Å²) < 4.78 is 5.33. The van der Waals surface area contributed by atoms with Crippen LogP contribution in [0.2, 0.25) is 0 Å². The largest absolute Gasteiger partial charge is 0.386 e. The van der Waals surface area contributed by atoms with Gasteiger partial charge in [0, 0.05) is 0 Å². The Labute approximate surface area is 348 Å². The number of carbonyl (C=O) groups is 2. The highest BCUT2D eigenvalue weighted by molar-refractivity contribution is 6.02. The molecule has 0 radical (unpaired) electrons. The van der Waals surface area contributed by atoms with Gasteiger partial charge in [-0.1, -0.05) is 133 Å². The molecule has 4 aromatic carbocycles. The number of benzene rings is 4. The van der Waals surface area contributed by atoms with Crippen LogP contribution in [0.1, 0.15) is 202 Å². The summed E-state index contributed by atoms with van der Waals surface area (Å²) in [6.07, 6.45) is 16.1. The normalized spacial score (nSPS) is 24.0. The summed E-state index contributed by atoms with van der Waals surface area (Å²) in [6, 6.07) is 27.2. The van der Waals surface area contributed by atoms with E-state index < -0.39 is 11.9 Å². The molecule has 302 valence electrons. The predicted molar refractivity (Wildman–Crippen MR) is 240 cm³/mol. The molecule has 58 heavy (non-hydrogen) atoms. The molecule has 2 unspecified atom stereocenters. The number of carbonyl (C=O) groups excluding carboxylic acids is 2. The third kappa shape index (κ3) is 7.95. The molecule has 4 aliphatic carbocycles. The van der Waals surface area contributed by atoms with E-state index in [-0.39, 0.29) is 21.7 Å². The van der Waals surface area contributed by atoms with Crippen molar-refractivity contribution in [3.8, 4) is 0 Å². The fourth-order valence-corrected chi connectivity index (χ4v) is 10.7. The van der Waals surface area contributed by atoms with Crippen LogP contribution in [0.3, 0.4) is 0 Å². The van der Waals surface area contributed by atoms with Crippen molar-refractivity contribution in [1.82, 2.24) is 0 Å². The van der Waals surface area contributed by atoms with Crippen LogP contribution in [0.4, 0.5) is 0 Å². The number of allylic oxidation sites excluding steroid dienone is 2.